The Balaban J connectivity index is 1.33. The smallest absolute Gasteiger partial charge is 0.120 e. The van der Waals surface area contributed by atoms with Crippen LogP contribution in [0.1, 0.15) is 68.6 Å². The van der Waals surface area contributed by atoms with Gasteiger partial charge in [0.15, 0.2) is 0 Å². The van der Waals surface area contributed by atoms with Crippen LogP contribution in [0.25, 0.3) is 10.8 Å². The Kier molecular flexibility index (Phi) is 7.46. The molecule has 1 nitrogen and oxygen atoms in total. The van der Waals surface area contributed by atoms with Gasteiger partial charge in [0.2, 0.25) is 0 Å². The summed E-state index contributed by atoms with van der Waals surface area (Å²) < 4.78 is 5.77. The molecule has 0 aromatic heterocycles. The summed E-state index contributed by atoms with van der Waals surface area (Å²) in [5.41, 5.74) is 4.40. The number of benzene rings is 3. The molecule has 1 heteroatoms. The van der Waals surface area contributed by atoms with Crippen molar-refractivity contribution < 1.29 is 4.74 Å². The van der Waals surface area contributed by atoms with Crippen molar-refractivity contribution in [3.63, 3.8) is 0 Å². The SMILES string of the molecule is CC=CCOc1ccc2cc(CCc3ccc(C4CCC(CC)CC4)cc3)ccc2c1. The maximum Gasteiger partial charge on any atom is 0.120 e. The van der Waals surface area contributed by atoms with Crippen molar-refractivity contribution >= 4 is 10.8 Å². The predicted molar refractivity (Wildman–Crippen MR) is 133 cm³/mol. The van der Waals surface area contributed by atoms with Crippen LogP contribution in [-0.2, 0) is 12.8 Å². The number of fused-ring (bicyclic) bond motifs is 1. The minimum absolute atomic E-state index is 0.624. The van der Waals surface area contributed by atoms with Crippen LogP contribution in [-0.4, -0.2) is 6.61 Å². The molecule has 0 radical (unpaired) electrons. The first-order chi connectivity index (χ1) is 15.2. The number of aryl methyl sites for hydroxylation is 2. The van der Waals surface area contributed by atoms with Crippen LogP contribution in [0.15, 0.2) is 72.8 Å². The average Bonchev–Trinajstić information content (AvgIpc) is 2.83. The largest absolute Gasteiger partial charge is 0.490 e. The van der Waals surface area contributed by atoms with Crippen molar-refractivity contribution in [3.8, 4) is 5.75 Å². The summed E-state index contributed by atoms with van der Waals surface area (Å²) in [6.07, 6.45) is 13.1. The number of rotatable bonds is 8. The second-order valence-electron chi connectivity index (χ2n) is 9.09. The van der Waals surface area contributed by atoms with Gasteiger partial charge in [-0.05, 0) is 96.9 Å². The van der Waals surface area contributed by atoms with Gasteiger partial charge in [0.1, 0.15) is 12.4 Å². The summed E-state index contributed by atoms with van der Waals surface area (Å²) in [4.78, 5) is 0. The number of hydrogen-bond acceptors (Lipinski definition) is 1. The summed E-state index contributed by atoms with van der Waals surface area (Å²) in [5, 5.41) is 2.53. The predicted octanol–water partition coefficient (Wildman–Crippen LogP) is 8.26. The standard InChI is InChI=1S/C30H36O/c1-3-5-20-31-30-19-18-28-21-25(12-17-29(28)22-30)7-6-24-10-15-27(16-11-24)26-13-8-23(4-2)9-14-26/h3,5,10-12,15-19,21-23,26H,4,6-9,13-14,20H2,1-2H3. The van der Waals surface area contributed by atoms with Gasteiger partial charge in [-0.2, -0.15) is 0 Å². The molecule has 0 spiro atoms. The van der Waals surface area contributed by atoms with Crippen molar-refractivity contribution in [1.29, 1.82) is 0 Å². The fraction of sp³-hybridized carbons (Fsp3) is 0.400. The van der Waals surface area contributed by atoms with Crippen LogP contribution in [0.3, 0.4) is 0 Å². The monoisotopic (exact) mass is 412 g/mol. The van der Waals surface area contributed by atoms with Gasteiger partial charge in [0, 0.05) is 0 Å². The first-order valence-electron chi connectivity index (χ1n) is 12.1. The van der Waals surface area contributed by atoms with Crippen LogP contribution in [0.4, 0.5) is 0 Å². The molecule has 1 aliphatic rings. The molecule has 3 aromatic rings. The normalized spacial score (nSPS) is 19.2. The van der Waals surface area contributed by atoms with E-state index in [4.69, 9.17) is 4.74 Å². The summed E-state index contributed by atoms with van der Waals surface area (Å²) >= 11 is 0. The number of hydrogen-bond donors (Lipinski definition) is 0. The third-order valence-electron chi connectivity index (χ3n) is 7.04. The third-order valence-corrected chi connectivity index (χ3v) is 7.04. The fourth-order valence-corrected chi connectivity index (χ4v) is 4.91. The summed E-state index contributed by atoms with van der Waals surface area (Å²) in [6.45, 7) is 4.98. The molecule has 162 valence electrons. The molecular weight excluding hydrogens is 376 g/mol. The van der Waals surface area contributed by atoms with E-state index in [1.807, 2.05) is 19.1 Å². The molecule has 0 saturated heterocycles. The highest BCUT2D eigenvalue weighted by molar-refractivity contribution is 5.84. The zero-order valence-corrected chi connectivity index (χ0v) is 19.1. The van der Waals surface area contributed by atoms with Gasteiger partial charge < -0.3 is 4.74 Å². The van der Waals surface area contributed by atoms with Crippen LogP contribution in [0, 0.1) is 5.92 Å². The Morgan fingerprint density at radius 1 is 0.806 bits per heavy atom. The highest BCUT2D eigenvalue weighted by Crippen LogP contribution is 2.37. The Morgan fingerprint density at radius 2 is 1.48 bits per heavy atom. The quantitative estimate of drug-likeness (QED) is 0.338. The van der Waals surface area contributed by atoms with Gasteiger partial charge in [-0.1, -0.05) is 74.0 Å². The van der Waals surface area contributed by atoms with Gasteiger partial charge in [0.25, 0.3) is 0 Å². The van der Waals surface area contributed by atoms with Crippen LogP contribution in [0.2, 0.25) is 0 Å². The molecule has 0 atom stereocenters. The van der Waals surface area contributed by atoms with Gasteiger partial charge in [-0.15, -0.1) is 0 Å². The Labute approximate surface area is 188 Å². The fourth-order valence-electron chi connectivity index (χ4n) is 4.91. The molecule has 1 aliphatic carbocycles. The summed E-state index contributed by atoms with van der Waals surface area (Å²) in [7, 11) is 0. The minimum atomic E-state index is 0.624. The van der Waals surface area contributed by atoms with Gasteiger partial charge >= 0.3 is 0 Å². The Bertz CT molecular complexity index is 991. The topological polar surface area (TPSA) is 9.23 Å². The van der Waals surface area contributed by atoms with E-state index < -0.39 is 0 Å². The third kappa shape index (κ3) is 5.79. The van der Waals surface area contributed by atoms with Crippen LogP contribution in [0.5, 0.6) is 5.75 Å². The molecule has 1 saturated carbocycles. The highest BCUT2D eigenvalue weighted by atomic mass is 16.5. The zero-order chi connectivity index (χ0) is 21.5. The van der Waals surface area contributed by atoms with E-state index in [9.17, 15) is 0 Å². The van der Waals surface area contributed by atoms with Crippen molar-refractivity contribution in [1.82, 2.24) is 0 Å². The van der Waals surface area contributed by atoms with E-state index in [0.717, 1.165) is 30.4 Å². The summed E-state index contributed by atoms with van der Waals surface area (Å²) in [5.74, 6) is 2.68. The lowest BCUT2D eigenvalue weighted by atomic mass is 9.78. The molecule has 0 amide bonds. The molecule has 0 bridgehead atoms. The van der Waals surface area contributed by atoms with E-state index in [-0.39, 0.29) is 0 Å². The molecule has 31 heavy (non-hydrogen) atoms. The number of ether oxygens (including phenoxy) is 1. The Hall–Kier alpha value is -2.54. The summed E-state index contributed by atoms with van der Waals surface area (Å²) in [6, 6.07) is 22.7. The Morgan fingerprint density at radius 3 is 2.23 bits per heavy atom. The van der Waals surface area contributed by atoms with Crippen molar-refractivity contribution in [2.45, 2.75) is 64.7 Å². The molecule has 4 rings (SSSR count). The molecule has 1 fully saturated rings. The first kappa shape index (κ1) is 21.7. The van der Waals surface area contributed by atoms with E-state index in [1.54, 1.807) is 5.56 Å². The highest BCUT2D eigenvalue weighted by Gasteiger charge is 2.21. The van der Waals surface area contributed by atoms with E-state index in [1.165, 1.54) is 54.0 Å². The van der Waals surface area contributed by atoms with E-state index in [0.29, 0.717) is 6.61 Å². The molecular formula is C30H36O. The van der Waals surface area contributed by atoms with Crippen molar-refractivity contribution in [3.05, 3.63) is 89.5 Å². The van der Waals surface area contributed by atoms with Crippen molar-refractivity contribution in [2.24, 2.45) is 5.92 Å². The van der Waals surface area contributed by atoms with E-state index >= 15 is 0 Å². The molecule has 0 unspecified atom stereocenters. The van der Waals surface area contributed by atoms with Crippen molar-refractivity contribution in [2.75, 3.05) is 6.61 Å². The lowest BCUT2D eigenvalue weighted by Crippen LogP contribution is -2.12. The average molecular weight is 413 g/mol. The van der Waals surface area contributed by atoms with Gasteiger partial charge in [-0.3, -0.25) is 0 Å². The van der Waals surface area contributed by atoms with E-state index in [2.05, 4.69) is 67.6 Å². The minimum Gasteiger partial charge on any atom is -0.490 e. The maximum atomic E-state index is 5.77. The van der Waals surface area contributed by atoms with Crippen LogP contribution < -0.4 is 4.74 Å². The molecule has 0 aliphatic heterocycles. The second kappa shape index (κ2) is 10.7. The molecule has 0 N–H and O–H groups in total. The zero-order valence-electron chi connectivity index (χ0n) is 19.1. The molecule has 3 aromatic carbocycles. The molecule has 0 heterocycles. The lowest BCUT2D eigenvalue weighted by molar-refractivity contribution is 0.319. The second-order valence-corrected chi connectivity index (χ2v) is 9.09. The van der Waals surface area contributed by atoms with Gasteiger partial charge in [0.05, 0.1) is 0 Å². The first-order valence-corrected chi connectivity index (χ1v) is 12.1. The number of allylic oxidation sites excluding steroid dienone is 1. The maximum absolute atomic E-state index is 5.77. The lowest BCUT2D eigenvalue weighted by Gasteiger charge is -2.28. The van der Waals surface area contributed by atoms with Gasteiger partial charge in [-0.25, -0.2) is 0 Å². The van der Waals surface area contributed by atoms with Crippen LogP contribution >= 0.6 is 0 Å².